The SMILES string of the molecule is CC(C)(C)c1ccccc1C(O)c1cc[nH]c1. The summed E-state index contributed by atoms with van der Waals surface area (Å²) in [6.45, 7) is 6.49. The monoisotopic (exact) mass is 229 g/mol. The van der Waals surface area contributed by atoms with Crippen LogP contribution in [0.3, 0.4) is 0 Å². The van der Waals surface area contributed by atoms with Crippen molar-refractivity contribution in [2.45, 2.75) is 32.3 Å². The van der Waals surface area contributed by atoms with Gasteiger partial charge in [0.2, 0.25) is 0 Å². The molecule has 1 aromatic carbocycles. The number of benzene rings is 1. The van der Waals surface area contributed by atoms with Crippen molar-refractivity contribution in [3.8, 4) is 0 Å². The van der Waals surface area contributed by atoms with Gasteiger partial charge in [0.25, 0.3) is 0 Å². The Kier molecular flexibility index (Phi) is 3.07. The third kappa shape index (κ3) is 2.42. The largest absolute Gasteiger partial charge is 0.384 e. The molecule has 2 rings (SSSR count). The van der Waals surface area contributed by atoms with E-state index in [1.807, 2.05) is 36.7 Å². The topological polar surface area (TPSA) is 36.0 Å². The molecule has 0 fully saturated rings. The van der Waals surface area contributed by atoms with E-state index in [9.17, 15) is 5.11 Å². The van der Waals surface area contributed by atoms with Gasteiger partial charge in [0.1, 0.15) is 6.10 Å². The molecule has 1 aromatic heterocycles. The van der Waals surface area contributed by atoms with Crippen molar-refractivity contribution in [3.63, 3.8) is 0 Å². The van der Waals surface area contributed by atoms with Crippen molar-refractivity contribution in [1.82, 2.24) is 4.98 Å². The van der Waals surface area contributed by atoms with E-state index in [2.05, 4.69) is 31.8 Å². The Labute approximate surface area is 102 Å². The number of aliphatic hydroxyl groups excluding tert-OH is 1. The van der Waals surface area contributed by atoms with Gasteiger partial charge in [-0.05, 0) is 22.6 Å². The predicted octanol–water partition coefficient (Wildman–Crippen LogP) is 3.39. The molecule has 90 valence electrons. The third-order valence-corrected chi connectivity index (χ3v) is 3.00. The maximum atomic E-state index is 10.4. The van der Waals surface area contributed by atoms with E-state index < -0.39 is 6.10 Å². The number of hydrogen-bond donors (Lipinski definition) is 2. The highest BCUT2D eigenvalue weighted by atomic mass is 16.3. The first kappa shape index (κ1) is 11.9. The van der Waals surface area contributed by atoms with Gasteiger partial charge >= 0.3 is 0 Å². The van der Waals surface area contributed by atoms with Crippen LogP contribution in [-0.4, -0.2) is 10.1 Å². The molecule has 2 aromatic rings. The number of H-pyrrole nitrogens is 1. The zero-order valence-corrected chi connectivity index (χ0v) is 10.6. The smallest absolute Gasteiger partial charge is 0.106 e. The van der Waals surface area contributed by atoms with E-state index in [1.54, 1.807) is 0 Å². The second-order valence-corrected chi connectivity index (χ2v) is 5.38. The van der Waals surface area contributed by atoms with E-state index in [4.69, 9.17) is 0 Å². The fourth-order valence-corrected chi connectivity index (χ4v) is 2.10. The zero-order valence-electron chi connectivity index (χ0n) is 10.6. The van der Waals surface area contributed by atoms with Crippen molar-refractivity contribution in [1.29, 1.82) is 0 Å². The van der Waals surface area contributed by atoms with Gasteiger partial charge in [0, 0.05) is 18.0 Å². The minimum Gasteiger partial charge on any atom is -0.384 e. The van der Waals surface area contributed by atoms with Crippen molar-refractivity contribution in [2.75, 3.05) is 0 Å². The van der Waals surface area contributed by atoms with Gasteiger partial charge in [-0.25, -0.2) is 0 Å². The fraction of sp³-hybridized carbons (Fsp3) is 0.333. The molecular weight excluding hydrogens is 210 g/mol. The molecule has 2 N–H and O–H groups in total. The number of hydrogen-bond acceptors (Lipinski definition) is 1. The minimum absolute atomic E-state index is 0.0356. The normalized spacial score (nSPS) is 13.6. The molecule has 0 aliphatic rings. The average Bonchev–Trinajstić information content (AvgIpc) is 2.80. The summed E-state index contributed by atoms with van der Waals surface area (Å²) in [4.78, 5) is 2.98. The Morgan fingerprint density at radius 1 is 1.12 bits per heavy atom. The van der Waals surface area contributed by atoms with Crippen LogP contribution in [0.15, 0.2) is 42.7 Å². The summed E-state index contributed by atoms with van der Waals surface area (Å²) in [6, 6.07) is 9.99. The van der Waals surface area contributed by atoms with Crippen LogP contribution < -0.4 is 0 Å². The number of nitrogens with one attached hydrogen (secondary N) is 1. The van der Waals surface area contributed by atoms with Gasteiger partial charge < -0.3 is 10.1 Å². The lowest BCUT2D eigenvalue weighted by atomic mass is 9.81. The summed E-state index contributed by atoms with van der Waals surface area (Å²) >= 11 is 0. The number of rotatable bonds is 2. The highest BCUT2D eigenvalue weighted by Gasteiger charge is 2.22. The summed E-state index contributed by atoms with van der Waals surface area (Å²) in [5.41, 5.74) is 3.11. The Morgan fingerprint density at radius 3 is 2.41 bits per heavy atom. The summed E-state index contributed by atoms with van der Waals surface area (Å²) in [5, 5.41) is 10.4. The van der Waals surface area contributed by atoms with Gasteiger partial charge in [-0.1, -0.05) is 45.0 Å². The van der Waals surface area contributed by atoms with Gasteiger partial charge in [0.15, 0.2) is 0 Å². The summed E-state index contributed by atoms with van der Waals surface area (Å²) in [7, 11) is 0. The zero-order chi connectivity index (χ0) is 12.5. The molecule has 0 spiro atoms. The van der Waals surface area contributed by atoms with E-state index in [0.717, 1.165) is 11.1 Å². The van der Waals surface area contributed by atoms with Crippen LogP contribution >= 0.6 is 0 Å². The van der Waals surface area contributed by atoms with Crippen LogP contribution in [0.4, 0.5) is 0 Å². The number of aromatic amines is 1. The van der Waals surface area contributed by atoms with Crippen molar-refractivity contribution in [2.24, 2.45) is 0 Å². The van der Waals surface area contributed by atoms with Crippen LogP contribution in [0.2, 0.25) is 0 Å². The van der Waals surface area contributed by atoms with Crippen LogP contribution in [-0.2, 0) is 5.41 Å². The number of aromatic nitrogens is 1. The van der Waals surface area contributed by atoms with Gasteiger partial charge in [-0.15, -0.1) is 0 Å². The van der Waals surface area contributed by atoms with Crippen LogP contribution in [0.25, 0.3) is 0 Å². The van der Waals surface area contributed by atoms with Crippen LogP contribution in [0.1, 0.15) is 43.6 Å². The van der Waals surface area contributed by atoms with E-state index >= 15 is 0 Å². The molecule has 0 saturated carbocycles. The summed E-state index contributed by atoms with van der Waals surface area (Å²) in [6.07, 6.45) is 3.11. The molecule has 0 amide bonds. The molecule has 0 aliphatic heterocycles. The quantitative estimate of drug-likeness (QED) is 0.813. The predicted molar refractivity (Wildman–Crippen MR) is 70.0 cm³/mol. The van der Waals surface area contributed by atoms with E-state index in [1.165, 1.54) is 5.56 Å². The molecule has 0 aliphatic carbocycles. The van der Waals surface area contributed by atoms with Crippen LogP contribution in [0.5, 0.6) is 0 Å². The lowest BCUT2D eigenvalue weighted by Gasteiger charge is -2.25. The van der Waals surface area contributed by atoms with Gasteiger partial charge in [-0.3, -0.25) is 0 Å². The maximum Gasteiger partial charge on any atom is 0.106 e. The second-order valence-electron chi connectivity index (χ2n) is 5.38. The lowest BCUT2D eigenvalue weighted by Crippen LogP contribution is -2.16. The van der Waals surface area contributed by atoms with E-state index in [-0.39, 0.29) is 5.41 Å². The standard InChI is InChI=1S/C15H19NO/c1-15(2,3)13-7-5-4-6-12(13)14(17)11-8-9-16-10-11/h4-10,14,16-17H,1-3H3. The van der Waals surface area contributed by atoms with Gasteiger partial charge in [0.05, 0.1) is 0 Å². The van der Waals surface area contributed by atoms with Crippen molar-refractivity contribution >= 4 is 0 Å². The fourth-order valence-electron chi connectivity index (χ4n) is 2.10. The Balaban J connectivity index is 2.46. The first-order valence-electron chi connectivity index (χ1n) is 5.90. The first-order valence-corrected chi connectivity index (χ1v) is 5.90. The molecule has 1 atom stereocenters. The van der Waals surface area contributed by atoms with Crippen LogP contribution in [0, 0.1) is 0 Å². The molecule has 2 heteroatoms. The molecule has 0 saturated heterocycles. The highest BCUT2D eigenvalue weighted by Crippen LogP contribution is 2.32. The molecule has 1 unspecified atom stereocenters. The highest BCUT2D eigenvalue weighted by molar-refractivity contribution is 5.38. The summed E-state index contributed by atoms with van der Waals surface area (Å²) < 4.78 is 0. The maximum absolute atomic E-state index is 10.4. The Bertz CT molecular complexity index is 480. The first-order chi connectivity index (χ1) is 8.00. The summed E-state index contributed by atoms with van der Waals surface area (Å²) in [5.74, 6) is 0. The van der Waals surface area contributed by atoms with Crippen molar-refractivity contribution in [3.05, 3.63) is 59.4 Å². The molecule has 2 nitrogen and oxygen atoms in total. The molecule has 1 heterocycles. The molecule has 0 bridgehead atoms. The van der Waals surface area contributed by atoms with Crippen molar-refractivity contribution < 1.29 is 5.11 Å². The van der Waals surface area contributed by atoms with E-state index in [0.29, 0.717) is 0 Å². The molecule has 0 radical (unpaired) electrons. The van der Waals surface area contributed by atoms with Gasteiger partial charge in [-0.2, -0.15) is 0 Å². The Morgan fingerprint density at radius 2 is 1.82 bits per heavy atom. The third-order valence-electron chi connectivity index (χ3n) is 3.00. The second kappa shape index (κ2) is 4.38. The molecular formula is C15H19NO. The Hall–Kier alpha value is -1.54. The lowest BCUT2D eigenvalue weighted by molar-refractivity contribution is 0.217. The molecule has 17 heavy (non-hydrogen) atoms. The average molecular weight is 229 g/mol. The minimum atomic E-state index is -0.559. The number of aliphatic hydroxyl groups is 1.